The summed E-state index contributed by atoms with van der Waals surface area (Å²) in [5.74, 6) is -0.663. The van der Waals surface area contributed by atoms with Gasteiger partial charge >= 0.3 is 6.03 Å². The second kappa shape index (κ2) is 11.2. The summed E-state index contributed by atoms with van der Waals surface area (Å²) in [4.78, 5) is 39.0. The van der Waals surface area contributed by atoms with Crippen LogP contribution in [0.1, 0.15) is 11.1 Å². The van der Waals surface area contributed by atoms with Crippen molar-refractivity contribution in [3.05, 3.63) is 89.4 Å². The zero-order valence-electron chi connectivity index (χ0n) is 18.5. The Morgan fingerprint density at radius 1 is 1.06 bits per heavy atom. The van der Waals surface area contributed by atoms with Gasteiger partial charge in [-0.3, -0.25) is 14.9 Å². The number of carbonyl (C=O) groups excluding carboxylic acids is 3. The number of carbonyl (C=O) groups is 3. The van der Waals surface area contributed by atoms with Crippen molar-refractivity contribution in [3.8, 4) is 11.5 Å². The molecule has 3 aromatic rings. The van der Waals surface area contributed by atoms with Crippen molar-refractivity contribution in [1.82, 2.24) is 5.32 Å². The lowest BCUT2D eigenvalue weighted by Gasteiger charge is -2.26. The zero-order valence-corrected chi connectivity index (χ0v) is 23.7. The summed E-state index contributed by atoms with van der Waals surface area (Å²) in [6, 6.07) is 14.3. The van der Waals surface area contributed by atoms with Crippen LogP contribution in [-0.4, -0.2) is 25.0 Å². The molecule has 4 amide bonds. The Morgan fingerprint density at radius 2 is 1.78 bits per heavy atom. The monoisotopic (exact) mass is 700 g/mol. The molecular formula is C25H16BrCl2IN2O5. The Labute approximate surface area is 238 Å². The van der Waals surface area contributed by atoms with Gasteiger partial charge in [0.25, 0.3) is 11.8 Å². The lowest BCUT2D eigenvalue weighted by atomic mass is 10.1. The summed E-state index contributed by atoms with van der Waals surface area (Å²) >= 11 is 17.6. The van der Waals surface area contributed by atoms with E-state index < -0.39 is 17.8 Å². The molecule has 1 fully saturated rings. The van der Waals surface area contributed by atoms with E-state index in [9.17, 15) is 14.4 Å². The van der Waals surface area contributed by atoms with Gasteiger partial charge in [0.2, 0.25) is 0 Å². The minimum Gasteiger partial charge on any atom is -0.493 e. The number of barbiturate groups is 1. The minimum atomic E-state index is -0.818. The molecular weight excluding hydrogens is 686 g/mol. The van der Waals surface area contributed by atoms with E-state index in [-0.39, 0.29) is 12.2 Å². The molecule has 0 spiro atoms. The summed E-state index contributed by atoms with van der Waals surface area (Å²) in [7, 11) is 1.48. The van der Waals surface area contributed by atoms with Gasteiger partial charge in [-0.2, -0.15) is 0 Å². The number of halogens is 4. The van der Waals surface area contributed by atoms with Crippen LogP contribution in [0, 0.1) is 3.57 Å². The highest BCUT2D eigenvalue weighted by molar-refractivity contribution is 14.1. The van der Waals surface area contributed by atoms with Crippen LogP contribution >= 0.6 is 61.7 Å². The molecule has 0 atom stereocenters. The first-order valence-corrected chi connectivity index (χ1v) is 12.9. The molecule has 36 heavy (non-hydrogen) atoms. The van der Waals surface area contributed by atoms with Crippen LogP contribution in [0.3, 0.4) is 0 Å². The third kappa shape index (κ3) is 5.69. The summed E-state index contributed by atoms with van der Waals surface area (Å²) < 4.78 is 12.9. The van der Waals surface area contributed by atoms with Gasteiger partial charge in [-0.25, -0.2) is 9.69 Å². The fourth-order valence-corrected chi connectivity index (χ4v) is 4.91. The molecule has 0 aromatic heterocycles. The summed E-state index contributed by atoms with van der Waals surface area (Å²) in [6.45, 7) is 0.175. The van der Waals surface area contributed by atoms with Crippen LogP contribution < -0.4 is 19.7 Å². The van der Waals surface area contributed by atoms with Gasteiger partial charge in [-0.15, -0.1) is 0 Å². The van der Waals surface area contributed by atoms with E-state index in [4.69, 9.17) is 32.7 Å². The number of benzene rings is 3. The largest absolute Gasteiger partial charge is 0.493 e. The first-order valence-electron chi connectivity index (χ1n) is 10.3. The third-order valence-corrected chi connectivity index (χ3v) is 7.05. The number of methoxy groups -OCH3 is 1. The van der Waals surface area contributed by atoms with Crippen molar-refractivity contribution < 1.29 is 23.9 Å². The van der Waals surface area contributed by atoms with Gasteiger partial charge in [0.1, 0.15) is 12.2 Å². The van der Waals surface area contributed by atoms with E-state index in [2.05, 4.69) is 43.8 Å². The smallest absolute Gasteiger partial charge is 0.335 e. The number of hydrogen-bond acceptors (Lipinski definition) is 5. The molecule has 3 aromatic carbocycles. The Hall–Kier alpha value is -2.60. The zero-order chi connectivity index (χ0) is 26.0. The Kier molecular flexibility index (Phi) is 8.23. The second-order valence-electron chi connectivity index (χ2n) is 7.49. The van der Waals surface area contributed by atoms with Crippen LogP contribution in [0.5, 0.6) is 11.5 Å². The lowest BCUT2D eigenvalue weighted by molar-refractivity contribution is -0.122. The van der Waals surface area contributed by atoms with Crippen LogP contribution in [0.15, 0.2) is 64.6 Å². The number of nitrogens with zero attached hydrogens (tertiary/aromatic N) is 1. The second-order valence-corrected chi connectivity index (χ2v) is 10.4. The summed E-state index contributed by atoms with van der Waals surface area (Å²) in [5, 5.41) is 3.21. The molecule has 0 radical (unpaired) electrons. The standard InChI is InChI=1S/C25H16BrCl2IN2O5/c1-35-21-10-13(9-20(29)22(21)36-12-14-2-5-16(27)11-19(14)28)8-18-23(32)30-25(34)31(24(18)33)17-6-3-15(26)4-7-17/h2-11H,12H2,1H3,(H,30,32,34). The number of hydrogen-bond donors (Lipinski definition) is 1. The molecule has 1 saturated heterocycles. The molecule has 1 heterocycles. The predicted octanol–water partition coefficient (Wildman–Crippen LogP) is 6.61. The summed E-state index contributed by atoms with van der Waals surface area (Å²) in [6.07, 6.45) is 1.40. The van der Waals surface area contributed by atoms with Gasteiger partial charge in [0.15, 0.2) is 11.5 Å². The Bertz CT molecular complexity index is 1410. The quantitative estimate of drug-likeness (QED) is 0.178. The normalized spacial score (nSPS) is 14.8. The SMILES string of the molecule is COc1cc(C=C2C(=O)NC(=O)N(c3ccc(Br)cc3)C2=O)cc(I)c1OCc1ccc(Cl)cc1Cl. The first-order chi connectivity index (χ1) is 17.2. The number of anilines is 1. The van der Waals surface area contributed by atoms with Gasteiger partial charge in [-0.1, -0.05) is 45.2 Å². The van der Waals surface area contributed by atoms with Gasteiger partial charge in [0, 0.05) is 20.1 Å². The highest BCUT2D eigenvalue weighted by Crippen LogP contribution is 2.36. The number of urea groups is 1. The molecule has 11 heteroatoms. The number of ether oxygens (including phenoxy) is 2. The van der Waals surface area contributed by atoms with E-state index >= 15 is 0 Å². The molecule has 1 aliphatic rings. The number of imide groups is 2. The number of rotatable bonds is 6. The fourth-order valence-electron chi connectivity index (χ4n) is 3.40. The Balaban J connectivity index is 1.64. The van der Waals surface area contributed by atoms with Crippen LogP contribution in [0.4, 0.5) is 10.5 Å². The average Bonchev–Trinajstić information content (AvgIpc) is 2.83. The van der Waals surface area contributed by atoms with Gasteiger partial charge in [0.05, 0.1) is 16.4 Å². The van der Waals surface area contributed by atoms with Crippen molar-refractivity contribution in [3.63, 3.8) is 0 Å². The molecule has 184 valence electrons. The first kappa shape index (κ1) is 26.5. The molecule has 1 N–H and O–H groups in total. The third-order valence-electron chi connectivity index (χ3n) is 5.14. The molecule has 0 saturated carbocycles. The van der Waals surface area contributed by atoms with Gasteiger partial charge < -0.3 is 9.47 Å². The molecule has 7 nitrogen and oxygen atoms in total. The maximum Gasteiger partial charge on any atom is 0.335 e. The maximum absolute atomic E-state index is 13.1. The molecule has 1 aliphatic heterocycles. The van der Waals surface area contributed by atoms with E-state index in [1.165, 1.54) is 13.2 Å². The number of nitrogens with one attached hydrogen (secondary N) is 1. The topological polar surface area (TPSA) is 84.9 Å². The van der Waals surface area contributed by atoms with Crippen LogP contribution in [0.2, 0.25) is 10.0 Å². The van der Waals surface area contributed by atoms with Crippen molar-refractivity contribution in [2.75, 3.05) is 12.0 Å². The van der Waals surface area contributed by atoms with Crippen LogP contribution in [-0.2, 0) is 16.2 Å². The van der Waals surface area contributed by atoms with E-state index in [1.54, 1.807) is 54.6 Å². The Morgan fingerprint density at radius 3 is 2.44 bits per heavy atom. The van der Waals surface area contributed by atoms with Crippen molar-refractivity contribution >= 4 is 91.3 Å². The van der Waals surface area contributed by atoms with E-state index in [0.717, 1.165) is 14.9 Å². The highest BCUT2D eigenvalue weighted by Gasteiger charge is 2.36. The minimum absolute atomic E-state index is 0.175. The molecule has 0 unspecified atom stereocenters. The van der Waals surface area contributed by atoms with Crippen LogP contribution in [0.25, 0.3) is 6.08 Å². The van der Waals surface area contributed by atoms with Crippen molar-refractivity contribution in [2.45, 2.75) is 6.61 Å². The fraction of sp³-hybridized carbons (Fsp3) is 0.0800. The summed E-state index contributed by atoms with van der Waals surface area (Å²) in [5.41, 5.74) is 1.39. The highest BCUT2D eigenvalue weighted by atomic mass is 127. The van der Waals surface area contributed by atoms with Crippen molar-refractivity contribution in [2.24, 2.45) is 0 Å². The lowest BCUT2D eigenvalue weighted by Crippen LogP contribution is -2.54. The maximum atomic E-state index is 13.1. The number of amides is 4. The predicted molar refractivity (Wildman–Crippen MR) is 150 cm³/mol. The van der Waals surface area contributed by atoms with Crippen molar-refractivity contribution in [1.29, 1.82) is 0 Å². The average molecular weight is 702 g/mol. The molecule has 0 bridgehead atoms. The van der Waals surface area contributed by atoms with Gasteiger partial charge in [-0.05, 0) is 82.8 Å². The molecule has 4 rings (SSSR count). The van der Waals surface area contributed by atoms with E-state index in [0.29, 0.717) is 36.4 Å². The molecule has 0 aliphatic carbocycles. The van der Waals surface area contributed by atoms with E-state index in [1.807, 2.05) is 0 Å².